The maximum absolute atomic E-state index is 5.17. The van der Waals surface area contributed by atoms with Crippen LogP contribution in [0.1, 0.15) is 0 Å². The van der Waals surface area contributed by atoms with Crippen molar-refractivity contribution in [3.05, 3.63) is 176 Å². The van der Waals surface area contributed by atoms with Gasteiger partial charge in [-0.1, -0.05) is 146 Å². The van der Waals surface area contributed by atoms with Crippen molar-refractivity contribution >= 4 is 31.5 Å². The number of benzene rings is 7. The highest BCUT2D eigenvalue weighted by atomic mass is 32.1. The molecule has 3 nitrogen and oxygen atoms in total. The second kappa shape index (κ2) is 12.4. The highest BCUT2D eigenvalue weighted by molar-refractivity contribution is 7.25. The number of nitrogens with zero attached hydrogens (tertiary/aromatic N) is 3. The molecule has 0 N–H and O–H groups in total. The summed E-state index contributed by atoms with van der Waals surface area (Å²) in [7, 11) is 0. The van der Waals surface area contributed by atoms with Gasteiger partial charge in [0.15, 0.2) is 17.5 Å². The van der Waals surface area contributed by atoms with Gasteiger partial charge >= 0.3 is 0 Å². The molecule has 9 rings (SSSR count). The Balaban J connectivity index is 1.21. The molecule has 4 heteroatoms. The molecule has 2 heterocycles. The lowest BCUT2D eigenvalue weighted by Crippen LogP contribution is -2.00. The summed E-state index contributed by atoms with van der Waals surface area (Å²) in [6, 6.07) is 61.7. The molecule has 9 aromatic rings. The van der Waals surface area contributed by atoms with E-state index in [0.29, 0.717) is 17.5 Å². The van der Waals surface area contributed by atoms with Crippen LogP contribution in [0.15, 0.2) is 176 Å². The molecular weight excluding hydrogens is 615 g/mol. The Hall–Kier alpha value is -6.23. The summed E-state index contributed by atoms with van der Waals surface area (Å²) in [6.45, 7) is 0. The lowest BCUT2D eigenvalue weighted by atomic mass is 9.94. The van der Waals surface area contributed by atoms with Crippen LogP contribution in [0, 0.1) is 0 Å². The third-order valence-electron chi connectivity index (χ3n) is 8.93. The molecule has 0 spiro atoms. The lowest BCUT2D eigenvalue weighted by Gasteiger charge is -2.13. The topological polar surface area (TPSA) is 38.7 Å². The van der Waals surface area contributed by atoms with Crippen LogP contribution in [0.5, 0.6) is 0 Å². The molecule has 0 aliphatic rings. The standard InChI is InChI=1S/C45H29N3S/c1-4-12-30(13-5-1)32-20-22-33(23-21-32)37-26-36(31-14-6-2-7-15-31)27-38(28-37)45-47-43(34-16-8-3-9-17-34)46-44(48-45)35-24-25-40-39-18-10-11-19-41(39)49-42(40)29-35/h1-29H. The van der Waals surface area contributed by atoms with Crippen LogP contribution in [0.3, 0.4) is 0 Å². The molecule has 0 unspecified atom stereocenters. The van der Waals surface area contributed by atoms with Crippen molar-refractivity contribution in [3.8, 4) is 67.5 Å². The zero-order chi connectivity index (χ0) is 32.6. The van der Waals surface area contributed by atoms with E-state index in [2.05, 4.69) is 146 Å². The SMILES string of the molecule is c1ccc(-c2ccc(-c3cc(-c4ccccc4)cc(-c4nc(-c5ccccc5)nc(-c5ccc6c(c5)sc5ccccc56)n4)c3)cc2)cc1. The predicted molar refractivity (Wildman–Crippen MR) is 205 cm³/mol. The second-order valence-electron chi connectivity index (χ2n) is 12.1. The largest absolute Gasteiger partial charge is 0.208 e. The van der Waals surface area contributed by atoms with Gasteiger partial charge in [-0.15, -0.1) is 11.3 Å². The van der Waals surface area contributed by atoms with Gasteiger partial charge < -0.3 is 0 Å². The van der Waals surface area contributed by atoms with Crippen molar-refractivity contribution < 1.29 is 0 Å². The molecule has 0 radical (unpaired) electrons. The van der Waals surface area contributed by atoms with Crippen LogP contribution < -0.4 is 0 Å². The van der Waals surface area contributed by atoms with E-state index in [0.717, 1.165) is 38.9 Å². The van der Waals surface area contributed by atoms with Gasteiger partial charge in [0, 0.05) is 36.9 Å². The number of thiophene rings is 1. The monoisotopic (exact) mass is 643 g/mol. The summed E-state index contributed by atoms with van der Waals surface area (Å²) in [4.78, 5) is 15.3. The first-order chi connectivity index (χ1) is 24.2. The van der Waals surface area contributed by atoms with E-state index < -0.39 is 0 Å². The lowest BCUT2D eigenvalue weighted by molar-refractivity contribution is 1.07. The molecule has 230 valence electrons. The molecule has 0 aliphatic carbocycles. The summed E-state index contributed by atoms with van der Waals surface area (Å²) < 4.78 is 2.49. The normalized spacial score (nSPS) is 11.3. The molecule has 0 bridgehead atoms. The van der Waals surface area contributed by atoms with Crippen molar-refractivity contribution in [2.45, 2.75) is 0 Å². The summed E-state index contributed by atoms with van der Waals surface area (Å²) in [5.41, 5.74) is 9.72. The first-order valence-corrected chi connectivity index (χ1v) is 17.2. The van der Waals surface area contributed by atoms with E-state index in [1.54, 1.807) is 11.3 Å². The van der Waals surface area contributed by atoms with Crippen LogP contribution >= 0.6 is 11.3 Å². The first kappa shape index (κ1) is 29.0. The fraction of sp³-hybridized carbons (Fsp3) is 0. The number of fused-ring (bicyclic) bond motifs is 3. The maximum atomic E-state index is 5.17. The second-order valence-corrected chi connectivity index (χ2v) is 13.2. The molecule has 2 aromatic heterocycles. The predicted octanol–water partition coefficient (Wildman–Crippen LogP) is 12.2. The summed E-state index contributed by atoms with van der Waals surface area (Å²) in [5, 5.41) is 2.53. The Morgan fingerprint density at radius 2 is 0.673 bits per heavy atom. The van der Waals surface area contributed by atoms with Crippen molar-refractivity contribution in [2.75, 3.05) is 0 Å². The van der Waals surface area contributed by atoms with E-state index in [1.807, 2.05) is 30.3 Å². The zero-order valence-electron chi connectivity index (χ0n) is 26.5. The summed E-state index contributed by atoms with van der Waals surface area (Å²) in [6.07, 6.45) is 0. The van der Waals surface area contributed by atoms with Crippen molar-refractivity contribution in [2.24, 2.45) is 0 Å². The summed E-state index contributed by atoms with van der Waals surface area (Å²) in [5.74, 6) is 1.94. The van der Waals surface area contributed by atoms with Gasteiger partial charge in [-0.25, -0.2) is 15.0 Å². The number of hydrogen-bond donors (Lipinski definition) is 0. The first-order valence-electron chi connectivity index (χ1n) is 16.4. The van der Waals surface area contributed by atoms with Crippen LogP contribution in [-0.2, 0) is 0 Å². The van der Waals surface area contributed by atoms with Gasteiger partial charge in [-0.2, -0.15) is 0 Å². The van der Waals surface area contributed by atoms with Crippen molar-refractivity contribution in [1.82, 2.24) is 15.0 Å². The van der Waals surface area contributed by atoms with E-state index >= 15 is 0 Å². The minimum atomic E-state index is 0.639. The average Bonchev–Trinajstić information content (AvgIpc) is 3.57. The van der Waals surface area contributed by atoms with Gasteiger partial charge in [0.2, 0.25) is 0 Å². The van der Waals surface area contributed by atoms with Crippen LogP contribution in [0.4, 0.5) is 0 Å². The smallest absolute Gasteiger partial charge is 0.164 e. The Bertz CT molecular complexity index is 2580. The van der Waals surface area contributed by atoms with Gasteiger partial charge in [-0.05, 0) is 63.7 Å². The Labute approximate surface area is 288 Å². The van der Waals surface area contributed by atoms with Gasteiger partial charge in [0.1, 0.15) is 0 Å². The minimum Gasteiger partial charge on any atom is -0.208 e. The molecule has 0 amide bonds. The molecule has 7 aromatic carbocycles. The van der Waals surface area contributed by atoms with E-state index in [9.17, 15) is 0 Å². The average molecular weight is 644 g/mol. The Morgan fingerprint density at radius 3 is 1.31 bits per heavy atom. The van der Waals surface area contributed by atoms with Gasteiger partial charge in [-0.3, -0.25) is 0 Å². The third-order valence-corrected chi connectivity index (χ3v) is 10.1. The fourth-order valence-corrected chi connectivity index (χ4v) is 7.57. The molecule has 0 saturated carbocycles. The van der Waals surface area contributed by atoms with Crippen molar-refractivity contribution in [3.63, 3.8) is 0 Å². The van der Waals surface area contributed by atoms with Gasteiger partial charge in [0.05, 0.1) is 0 Å². The Morgan fingerprint density at radius 1 is 0.265 bits per heavy atom. The molecular formula is C45H29N3S. The van der Waals surface area contributed by atoms with Crippen LogP contribution in [-0.4, -0.2) is 15.0 Å². The quantitative estimate of drug-likeness (QED) is 0.181. The molecule has 0 saturated heterocycles. The number of rotatable bonds is 6. The maximum Gasteiger partial charge on any atom is 0.164 e. The van der Waals surface area contributed by atoms with Gasteiger partial charge in [0.25, 0.3) is 0 Å². The van der Waals surface area contributed by atoms with Crippen molar-refractivity contribution in [1.29, 1.82) is 0 Å². The van der Waals surface area contributed by atoms with Crippen LogP contribution in [0.25, 0.3) is 87.7 Å². The van der Waals surface area contributed by atoms with E-state index in [1.165, 1.54) is 31.3 Å². The molecule has 0 atom stereocenters. The summed E-state index contributed by atoms with van der Waals surface area (Å²) >= 11 is 1.80. The van der Waals surface area contributed by atoms with E-state index in [-0.39, 0.29) is 0 Å². The number of aromatic nitrogens is 3. The third kappa shape index (κ3) is 5.69. The van der Waals surface area contributed by atoms with Crippen LogP contribution in [0.2, 0.25) is 0 Å². The highest BCUT2D eigenvalue weighted by Crippen LogP contribution is 2.37. The molecule has 0 aliphatic heterocycles. The fourth-order valence-electron chi connectivity index (χ4n) is 6.42. The highest BCUT2D eigenvalue weighted by Gasteiger charge is 2.16. The number of hydrogen-bond acceptors (Lipinski definition) is 4. The zero-order valence-corrected chi connectivity index (χ0v) is 27.3. The molecule has 49 heavy (non-hydrogen) atoms. The Kier molecular flexibility index (Phi) is 7.34. The molecule has 0 fully saturated rings. The van der Waals surface area contributed by atoms with E-state index in [4.69, 9.17) is 15.0 Å². The minimum absolute atomic E-state index is 0.639.